The molecule has 1 amide bonds. The summed E-state index contributed by atoms with van der Waals surface area (Å²) >= 11 is 6.25. The predicted octanol–water partition coefficient (Wildman–Crippen LogP) is 3.51. The number of nitrogens with one attached hydrogen (secondary N) is 2. The molecular formula is C19H30Cl3N3O. The first-order valence-corrected chi connectivity index (χ1v) is 9.54. The maximum absolute atomic E-state index is 12.2. The number of halogens is 3. The van der Waals surface area contributed by atoms with Crippen molar-refractivity contribution in [2.75, 3.05) is 32.7 Å². The molecule has 2 heterocycles. The van der Waals surface area contributed by atoms with Gasteiger partial charge in [-0.1, -0.05) is 29.8 Å². The number of benzene rings is 1. The Bertz CT molecular complexity index is 545. The Labute approximate surface area is 174 Å². The van der Waals surface area contributed by atoms with Gasteiger partial charge in [0.1, 0.15) is 0 Å². The van der Waals surface area contributed by atoms with Crippen molar-refractivity contribution in [3.8, 4) is 0 Å². The molecule has 2 fully saturated rings. The Morgan fingerprint density at radius 1 is 1.19 bits per heavy atom. The number of hydrogen-bond acceptors (Lipinski definition) is 3. The molecule has 4 nitrogen and oxygen atoms in total. The second-order valence-corrected chi connectivity index (χ2v) is 7.51. The highest BCUT2D eigenvalue weighted by molar-refractivity contribution is 6.31. The van der Waals surface area contributed by atoms with E-state index in [1.165, 1.54) is 5.56 Å². The number of likely N-dealkylation sites (tertiary alicyclic amines) is 1. The van der Waals surface area contributed by atoms with Crippen molar-refractivity contribution in [1.82, 2.24) is 15.5 Å². The van der Waals surface area contributed by atoms with Crippen molar-refractivity contribution < 1.29 is 4.79 Å². The molecule has 7 heteroatoms. The Morgan fingerprint density at radius 3 is 2.58 bits per heavy atom. The summed E-state index contributed by atoms with van der Waals surface area (Å²) in [4.78, 5) is 14.7. The molecule has 148 valence electrons. The maximum Gasteiger partial charge on any atom is 0.224 e. The summed E-state index contributed by atoms with van der Waals surface area (Å²) in [5, 5.41) is 7.34. The van der Waals surface area contributed by atoms with E-state index in [0.29, 0.717) is 5.92 Å². The highest BCUT2D eigenvalue weighted by Crippen LogP contribution is 2.22. The Hall–Kier alpha value is -0.520. The van der Waals surface area contributed by atoms with Crippen LogP contribution in [0.5, 0.6) is 0 Å². The van der Waals surface area contributed by atoms with Crippen molar-refractivity contribution >= 4 is 42.3 Å². The van der Waals surface area contributed by atoms with Crippen molar-refractivity contribution in [3.63, 3.8) is 0 Å². The van der Waals surface area contributed by atoms with Gasteiger partial charge in [-0.2, -0.15) is 0 Å². The highest BCUT2D eigenvalue weighted by atomic mass is 35.5. The van der Waals surface area contributed by atoms with E-state index in [4.69, 9.17) is 11.6 Å². The van der Waals surface area contributed by atoms with E-state index in [1.54, 1.807) is 0 Å². The van der Waals surface area contributed by atoms with Crippen LogP contribution in [-0.2, 0) is 11.3 Å². The van der Waals surface area contributed by atoms with Crippen LogP contribution in [0, 0.1) is 11.8 Å². The third kappa shape index (κ3) is 6.90. The van der Waals surface area contributed by atoms with Crippen LogP contribution in [0.4, 0.5) is 0 Å². The maximum atomic E-state index is 12.2. The molecule has 26 heavy (non-hydrogen) atoms. The molecule has 2 N–H and O–H groups in total. The van der Waals surface area contributed by atoms with Gasteiger partial charge in [-0.25, -0.2) is 0 Å². The second-order valence-electron chi connectivity index (χ2n) is 7.10. The summed E-state index contributed by atoms with van der Waals surface area (Å²) in [5.41, 5.74) is 1.20. The Morgan fingerprint density at radius 2 is 1.92 bits per heavy atom. The number of hydrogen-bond donors (Lipinski definition) is 2. The van der Waals surface area contributed by atoms with Crippen LogP contribution in [0.25, 0.3) is 0 Å². The van der Waals surface area contributed by atoms with Gasteiger partial charge in [0.15, 0.2) is 0 Å². The zero-order valence-electron chi connectivity index (χ0n) is 15.1. The van der Waals surface area contributed by atoms with Gasteiger partial charge in [0.2, 0.25) is 5.91 Å². The molecule has 0 spiro atoms. The van der Waals surface area contributed by atoms with E-state index in [2.05, 4.69) is 21.6 Å². The average Bonchev–Trinajstić information content (AvgIpc) is 2.63. The number of piperidine rings is 2. The molecule has 1 unspecified atom stereocenters. The molecule has 2 saturated heterocycles. The van der Waals surface area contributed by atoms with Gasteiger partial charge in [-0.3, -0.25) is 9.69 Å². The summed E-state index contributed by atoms with van der Waals surface area (Å²) in [7, 11) is 0. The molecule has 1 aromatic carbocycles. The summed E-state index contributed by atoms with van der Waals surface area (Å²) in [6, 6.07) is 8.08. The molecule has 2 aliphatic rings. The van der Waals surface area contributed by atoms with E-state index in [-0.39, 0.29) is 36.6 Å². The van der Waals surface area contributed by atoms with E-state index < -0.39 is 0 Å². The highest BCUT2D eigenvalue weighted by Gasteiger charge is 2.23. The van der Waals surface area contributed by atoms with Crippen molar-refractivity contribution in [3.05, 3.63) is 34.9 Å². The van der Waals surface area contributed by atoms with Crippen LogP contribution in [0.1, 0.15) is 31.2 Å². The summed E-state index contributed by atoms with van der Waals surface area (Å²) in [6.07, 6.45) is 4.43. The summed E-state index contributed by atoms with van der Waals surface area (Å²) < 4.78 is 0. The fourth-order valence-electron chi connectivity index (χ4n) is 3.68. The van der Waals surface area contributed by atoms with Gasteiger partial charge in [0.25, 0.3) is 0 Å². The molecule has 0 bridgehead atoms. The SMILES string of the molecule is Cl.Cl.O=C(NCC1CCN(Cc2ccccc2Cl)CC1)C1CCCNC1. The largest absolute Gasteiger partial charge is 0.356 e. The summed E-state index contributed by atoms with van der Waals surface area (Å²) in [6.45, 7) is 5.80. The van der Waals surface area contributed by atoms with E-state index in [9.17, 15) is 4.79 Å². The monoisotopic (exact) mass is 421 g/mol. The van der Waals surface area contributed by atoms with E-state index in [0.717, 1.165) is 70.0 Å². The molecule has 3 rings (SSSR count). The van der Waals surface area contributed by atoms with Gasteiger partial charge >= 0.3 is 0 Å². The first kappa shape index (κ1) is 23.5. The fourth-order valence-corrected chi connectivity index (χ4v) is 3.88. The minimum Gasteiger partial charge on any atom is -0.356 e. The topological polar surface area (TPSA) is 44.4 Å². The second kappa shape index (κ2) is 12.0. The third-order valence-electron chi connectivity index (χ3n) is 5.29. The zero-order valence-corrected chi connectivity index (χ0v) is 17.5. The predicted molar refractivity (Wildman–Crippen MR) is 113 cm³/mol. The number of nitrogens with zero attached hydrogens (tertiary/aromatic N) is 1. The number of amides is 1. The van der Waals surface area contributed by atoms with Crippen LogP contribution >= 0.6 is 36.4 Å². The minimum atomic E-state index is 0. The quantitative estimate of drug-likeness (QED) is 0.763. The molecule has 0 saturated carbocycles. The average molecular weight is 423 g/mol. The summed E-state index contributed by atoms with van der Waals surface area (Å²) in [5.74, 6) is 1.01. The van der Waals surface area contributed by atoms with Crippen molar-refractivity contribution in [1.29, 1.82) is 0 Å². The van der Waals surface area contributed by atoms with Crippen LogP contribution in [0.2, 0.25) is 5.02 Å². The first-order chi connectivity index (χ1) is 11.7. The smallest absolute Gasteiger partial charge is 0.224 e. The van der Waals surface area contributed by atoms with Crippen LogP contribution in [0.3, 0.4) is 0 Å². The Balaban J connectivity index is 0.00000169. The standard InChI is InChI=1S/C19H28ClN3O.2ClH/c20-18-6-2-1-4-17(18)14-23-10-7-15(8-11-23)12-22-19(24)16-5-3-9-21-13-16;;/h1-2,4,6,15-16,21H,3,5,7-14H2,(H,22,24);2*1H. The molecule has 1 atom stereocenters. The van der Waals surface area contributed by atoms with Crippen molar-refractivity contribution in [2.24, 2.45) is 11.8 Å². The van der Waals surface area contributed by atoms with Crippen LogP contribution in [0.15, 0.2) is 24.3 Å². The minimum absolute atomic E-state index is 0. The molecule has 2 aliphatic heterocycles. The molecule has 0 aromatic heterocycles. The van der Waals surface area contributed by atoms with Crippen LogP contribution < -0.4 is 10.6 Å². The lowest BCUT2D eigenvalue weighted by Gasteiger charge is -2.32. The molecular weight excluding hydrogens is 393 g/mol. The van der Waals surface area contributed by atoms with Gasteiger partial charge < -0.3 is 10.6 Å². The van der Waals surface area contributed by atoms with E-state index in [1.807, 2.05) is 18.2 Å². The normalized spacial score (nSPS) is 21.3. The van der Waals surface area contributed by atoms with Gasteiger partial charge in [-0.15, -0.1) is 24.8 Å². The lowest BCUT2D eigenvalue weighted by atomic mass is 9.95. The third-order valence-corrected chi connectivity index (χ3v) is 5.66. The lowest BCUT2D eigenvalue weighted by molar-refractivity contribution is -0.125. The number of carbonyl (C=O) groups excluding carboxylic acids is 1. The van der Waals surface area contributed by atoms with E-state index >= 15 is 0 Å². The first-order valence-electron chi connectivity index (χ1n) is 9.16. The van der Waals surface area contributed by atoms with Gasteiger partial charge in [0, 0.05) is 24.7 Å². The molecule has 1 aromatic rings. The van der Waals surface area contributed by atoms with Crippen LogP contribution in [-0.4, -0.2) is 43.5 Å². The Kier molecular flexibility index (Phi) is 10.9. The lowest BCUT2D eigenvalue weighted by Crippen LogP contribution is -2.43. The van der Waals surface area contributed by atoms with Gasteiger partial charge in [0.05, 0.1) is 5.92 Å². The van der Waals surface area contributed by atoms with Crippen molar-refractivity contribution in [2.45, 2.75) is 32.2 Å². The fraction of sp³-hybridized carbons (Fsp3) is 0.632. The number of rotatable bonds is 5. The molecule has 0 aliphatic carbocycles. The zero-order chi connectivity index (χ0) is 16.8. The molecule has 0 radical (unpaired) electrons. The van der Waals surface area contributed by atoms with Gasteiger partial charge in [-0.05, 0) is 62.9 Å². The number of carbonyl (C=O) groups is 1.